The van der Waals surface area contributed by atoms with Gasteiger partial charge < -0.3 is 11.1 Å². The van der Waals surface area contributed by atoms with E-state index in [4.69, 9.17) is 5.73 Å². The number of nitrogens with two attached hydrogens (primary N) is 1. The molecule has 0 aliphatic rings. The van der Waals surface area contributed by atoms with E-state index in [9.17, 15) is 13.2 Å². The van der Waals surface area contributed by atoms with Gasteiger partial charge >= 0.3 is 0 Å². The molecule has 2 nitrogen and oxygen atoms in total. The van der Waals surface area contributed by atoms with Crippen molar-refractivity contribution >= 4 is 33.0 Å². The van der Waals surface area contributed by atoms with Crippen molar-refractivity contribution < 1.29 is 13.2 Å². The van der Waals surface area contributed by atoms with E-state index in [1.54, 1.807) is 18.2 Å². The van der Waals surface area contributed by atoms with E-state index in [0.29, 0.717) is 23.5 Å². The van der Waals surface area contributed by atoms with E-state index in [0.717, 1.165) is 4.47 Å². The highest BCUT2D eigenvalue weighted by molar-refractivity contribution is 9.10. The number of nitrogens with one attached hydrogen (secondary N) is 1. The van der Waals surface area contributed by atoms with Crippen molar-refractivity contribution in [2.24, 2.45) is 0 Å². The summed E-state index contributed by atoms with van der Waals surface area (Å²) in [6, 6.07) is 6.00. The van der Waals surface area contributed by atoms with Crippen molar-refractivity contribution in [2.45, 2.75) is 0 Å². The van der Waals surface area contributed by atoms with Gasteiger partial charge in [0.25, 0.3) is 0 Å². The number of rotatable bonds is 2. The van der Waals surface area contributed by atoms with Gasteiger partial charge in [0.15, 0.2) is 11.6 Å². The molecule has 6 heteroatoms. The molecule has 2 aromatic rings. The number of benzene rings is 2. The molecule has 18 heavy (non-hydrogen) atoms. The molecule has 0 aliphatic heterocycles. The average Bonchev–Trinajstić information content (AvgIpc) is 2.25. The summed E-state index contributed by atoms with van der Waals surface area (Å²) < 4.78 is 40.3. The number of hydrogen-bond acceptors (Lipinski definition) is 2. The Kier molecular flexibility index (Phi) is 3.47. The molecular formula is C12H8BrF3N2. The molecule has 0 saturated carbocycles. The Labute approximate surface area is 110 Å². The second kappa shape index (κ2) is 4.89. The number of hydrogen-bond donors (Lipinski definition) is 2. The van der Waals surface area contributed by atoms with Crippen molar-refractivity contribution in [1.29, 1.82) is 0 Å². The zero-order valence-corrected chi connectivity index (χ0v) is 10.6. The summed E-state index contributed by atoms with van der Waals surface area (Å²) in [6.45, 7) is 0. The van der Waals surface area contributed by atoms with Crippen LogP contribution in [0.3, 0.4) is 0 Å². The molecule has 0 bridgehead atoms. The lowest BCUT2D eigenvalue weighted by Crippen LogP contribution is -2.01. The standard InChI is InChI=1S/C12H8BrF3N2/c13-6-1-2-11(10(17)3-6)18-12-8(15)4-7(14)5-9(12)16/h1-5,18H,17H2. The molecule has 0 aromatic heterocycles. The molecular weight excluding hydrogens is 309 g/mol. The zero-order chi connectivity index (χ0) is 13.3. The fourth-order valence-electron chi connectivity index (χ4n) is 1.44. The van der Waals surface area contributed by atoms with Crippen LogP contribution in [0.15, 0.2) is 34.8 Å². The molecule has 0 radical (unpaired) electrons. The minimum absolute atomic E-state index is 0.313. The first kappa shape index (κ1) is 12.8. The third-order valence-corrected chi connectivity index (χ3v) is 2.77. The smallest absolute Gasteiger partial charge is 0.152 e. The molecule has 0 saturated heterocycles. The Bertz CT molecular complexity index is 579. The predicted octanol–water partition coefficient (Wildman–Crippen LogP) is 4.19. The van der Waals surface area contributed by atoms with Gasteiger partial charge in [0, 0.05) is 16.6 Å². The van der Waals surface area contributed by atoms with Crippen LogP contribution >= 0.6 is 15.9 Å². The van der Waals surface area contributed by atoms with E-state index in [2.05, 4.69) is 21.2 Å². The van der Waals surface area contributed by atoms with Gasteiger partial charge in [-0.05, 0) is 18.2 Å². The SMILES string of the molecule is Nc1cc(Br)ccc1Nc1c(F)cc(F)cc1F. The second-order valence-corrected chi connectivity index (χ2v) is 4.52. The van der Waals surface area contributed by atoms with Crippen molar-refractivity contribution in [3.8, 4) is 0 Å². The van der Waals surface area contributed by atoms with Gasteiger partial charge in [-0.2, -0.15) is 0 Å². The van der Waals surface area contributed by atoms with E-state index in [1.165, 1.54) is 0 Å². The van der Waals surface area contributed by atoms with Crippen LogP contribution in [-0.2, 0) is 0 Å². The van der Waals surface area contributed by atoms with Gasteiger partial charge in [-0.25, -0.2) is 13.2 Å². The maximum absolute atomic E-state index is 13.4. The van der Waals surface area contributed by atoms with Crippen LogP contribution in [0, 0.1) is 17.5 Å². The molecule has 0 fully saturated rings. The van der Waals surface area contributed by atoms with E-state index < -0.39 is 23.1 Å². The van der Waals surface area contributed by atoms with Gasteiger partial charge in [-0.15, -0.1) is 0 Å². The number of halogens is 4. The highest BCUT2D eigenvalue weighted by Crippen LogP contribution is 2.29. The molecule has 2 aromatic carbocycles. The summed E-state index contributed by atoms with van der Waals surface area (Å²) in [5, 5.41) is 2.50. The monoisotopic (exact) mass is 316 g/mol. The van der Waals surface area contributed by atoms with E-state index in [1.807, 2.05) is 0 Å². The summed E-state index contributed by atoms with van der Waals surface area (Å²) in [5.41, 5.74) is 5.90. The molecule has 0 atom stereocenters. The average molecular weight is 317 g/mol. The quantitative estimate of drug-likeness (QED) is 0.815. The van der Waals surface area contributed by atoms with Crippen molar-refractivity contribution in [3.63, 3.8) is 0 Å². The van der Waals surface area contributed by atoms with Crippen molar-refractivity contribution in [1.82, 2.24) is 0 Å². The van der Waals surface area contributed by atoms with Gasteiger partial charge in [0.1, 0.15) is 11.5 Å². The lowest BCUT2D eigenvalue weighted by Gasteiger charge is -2.11. The van der Waals surface area contributed by atoms with Gasteiger partial charge in [0.05, 0.1) is 11.4 Å². The van der Waals surface area contributed by atoms with Crippen molar-refractivity contribution in [2.75, 3.05) is 11.1 Å². The molecule has 0 amide bonds. The fraction of sp³-hybridized carbons (Fsp3) is 0. The summed E-state index contributed by atoms with van der Waals surface area (Å²) in [7, 11) is 0. The predicted molar refractivity (Wildman–Crippen MR) is 68.2 cm³/mol. The van der Waals surface area contributed by atoms with Crippen LogP contribution in [0.4, 0.5) is 30.2 Å². The van der Waals surface area contributed by atoms with Gasteiger partial charge in [-0.3, -0.25) is 0 Å². The molecule has 2 rings (SSSR count). The summed E-state index contributed by atoms with van der Waals surface area (Å²) >= 11 is 3.21. The maximum atomic E-state index is 13.4. The lowest BCUT2D eigenvalue weighted by atomic mass is 10.2. The largest absolute Gasteiger partial charge is 0.397 e. The lowest BCUT2D eigenvalue weighted by molar-refractivity contribution is 0.549. The molecule has 0 aliphatic carbocycles. The van der Waals surface area contributed by atoms with Gasteiger partial charge in [0.2, 0.25) is 0 Å². The topological polar surface area (TPSA) is 38.0 Å². The summed E-state index contributed by atoms with van der Waals surface area (Å²) in [5.74, 6) is -3.01. The van der Waals surface area contributed by atoms with Crippen LogP contribution in [0.5, 0.6) is 0 Å². The van der Waals surface area contributed by atoms with Crippen molar-refractivity contribution in [3.05, 3.63) is 52.3 Å². The molecule has 3 N–H and O–H groups in total. The fourth-order valence-corrected chi connectivity index (χ4v) is 1.82. The number of anilines is 3. The highest BCUT2D eigenvalue weighted by atomic mass is 79.9. The van der Waals surface area contributed by atoms with Gasteiger partial charge in [-0.1, -0.05) is 15.9 Å². The van der Waals surface area contributed by atoms with E-state index in [-0.39, 0.29) is 0 Å². The molecule has 0 unspecified atom stereocenters. The zero-order valence-electron chi connectivity index (χ0n) is 8.98. The Morgan fingerprint density at radius 2 is 1.61 bits per heavy atom. The minimum atomic E-state index is -1.02. The van der Waals surface area contributed by atoms with E-state index >= 15 is 0 Å². The highest BCUT2D eigenvalue weighted by Gasteiger charge is 2.12. The van der Waals surface area contributed by atoms with Crippen LogP contribution in [0.2, 0.25) is 0 Å². The minimum Gasteiger partial charge on any atom is -0.397 e. The first-order valence-corrected chi connectivity index (χ1v) is 5.73. The Balaban J connectivity index is 2.40. The molecule has 94 valence electrons. The summed E-state index contributed by atoms with van der Waals surface area (Å²) in [6.07, 6.45) is 0. The first-order chi connectivity index (χ1) is 8.47. The van der Waals surface area contributed by atoms with Crippen LogP contribution in [0.25, 0.3) is 0 Å². The Morgan fingerprint density at radius 3 is 2.17 bits per heavy atom. The second-order valence-electron chi connectivity index (χ2n) is 3.60. The normalized spacial score (nSPS) is 10.4. The van der Waals surface area contributed by atoms with Crippen LogP contribution in [-0.4, -0.2) is 0 Å². The molecule has 0 heterocycles. The number of nitrogen functional groups attached to an aromatic ring is 1. The Hall–Kier alpha value is -1.69. The summed E-state index contributed by atoms with van der Waals surface area (Å²) in [4.78, 5) is 0. The molecule has 0 spiro atoms. The van der Waals surface area contributed by atoms with Crippen LogP contribution < -0.4 is 11.1 Å². The maximum Gasteiger partial charge on any atom is 0.152 e. The third kappa shape index (κ3) is 2.59. The Morgan fingerprint density at radius 1 is 1.00 bits per heavy atom. The first-order valence-electron chi connectivity index (χ1n) is 4.94. The van der Waals surface area contributed by atoms with Crippen LogP contribution in [0.1, 0.15) is 0 Å². The third-order valence-electron chi connectivity index (χ3n) is 2.28.